The van der Waals surface area contributed by atoms with E-state index in [0.29, 0.717) is 12.7 Å². The first-order valence-corrected chi connectivity index (χ1v) is 6.07. The van der Waals surface area contributed by atoms with E-state index in [1.54, 1.807) is 0 Å². The van der Waals surface area contributed by atoms with E-state index >= 15 is 0 Å². The van der Waals surface area contributed by atoms with Gasteiger partial charge in [-0.15, -0.1) is 0 Å². The van der Waals surface area contributed by atoms with Crippen molar-refractivity contribution in [3.63, 3.8) is 0 Å². The number of aromatic carboxylic acids is 1. The maximum Gasteiger partial charge on any atom is 0.417 e. The molecule has 1 unspecified atom stereocenters. The first-order chi connectivity index (χ1) is 9.38. The molecular formula is C13H13F3O4. The van der Waals surface area contributed by atoms with Gasteiger partial charge in [0.15, 0.2) is 0 Å². The normalized spacial score (nSPS) is 19.1. The second-order valence-corrected chi connectivity index (χ2v) is 4.46. The van der Waals surface area contributed by atoms with Crippen molar-refractivity contribution in [2.75, 3.05) is 13.2 Å². The van der Waals surface area contributed by atoms with E-state index in [2.05, 4.69) is 0 Å². The lowest BCUT2D eigenvalue weighted by Gasteiger charge is -2.14. The lowest BCUT2D eigenvalue weighted by molar-refractivity contribution is -0.138. The summed E-state index contributed by atoms with van der Waals surface area (Å²) in [6, 6.07) is 2.72. The molecule has 0 radical (unpaired) electrons. The van der Waals surface area contributed by atoms with Crippen molar-refractivity contribution in [2.45, 2.75) is 25.1 Å². The smallest absolute Gasteiger partial charge is 0.417 e. The van der Waals surface area contributed by atoms with E-state index in [9.17, 15) is 18.0 Å². The van der Waals surface area contributed by atoms with Gasteiger partial charge in [-0.05, 0) is 31.0 Å². The molecule has 1 aliphatic heterocycles. The monoisotopic (exact) mass is 290 g/mol. The highest BCUT2D eigenvalue weighted by Gasteiger charge is 2.35. The van der Waals surface area contributed by atoms with Crippen LogP contribution in [0, 0.1) is 0 Å². The van der Waals surface area contributed by atoms with Gasteiger partial charge in [0.1, 0.15) is 12.4 Å². The molecule has 4 nitrogen and oxygen atoms in total. The van der Waals surface area contributed by atoms with E-state index in [1.807, 2.05) is 0 Å². The van der Waals surface area contributed by atoms with Crippen molar-refractivity contribution in [3.8, 4) is 5.75 Å². The van der Waals surface area contributed by atoms with Crippen LogP contribution in [0.15, 0.2) is 18.2 Å². The Bertz CT molecular complexity index is 493. The van der Waals surface area contributed by atoms with Gasteiger partial charge >= 0.3 is 12.1 Å². The zero-order chi connectivity index (χ0) is 14.8. The van der Waals surface area contributed by atoms with Crippen LogP contribution in [0.5, 0.6) is 5.75 Å². The van der Waals surface area contributed by atoms with E-state index in [1.165, 1.54) is 0 Å². The predicted octanol–water partition coefficient (Wildman–Crippen LogP) is 2.96. The van der Waals surface area contributed by atoms with Gasteiger partial charge in [-0.2, -0.15) is 13.2 Å². The SMILES string of the molecule is O=C(O)c1cc(OCC2CCCO2)ccc1C(F)(F)F. The van der Waals surface area contributed by atoms with Crippen LogP contribution in [0.2, 0.25) is 0 Å². The Morgan fingerprint density at radius 1 is 1.45 bits per heavy atom. The number of ether oxygens (including phenoxy) is 2. The largest absolute Gasteiger partial charge is 0.491 e. The molecule has 0 bridgehead atoms. The van der Waals surface area contributed by atoms with Crippen molar-refractivity contribution < 1.29 is 32.5 Å². The maximum absolute atomic E-state index is 12.6. The van der Waals surface area contributed by atoms with Crippen LogP contribution in [-0.2, 0) is 10.9 Å². The topological polar surface area (TPSA) is 55.8 Å². The first-order valence-electron chi connectivity index (χ1n) is 6.07. The Balaban J connectivity index is 2.15. The van der Waals surface area contributed by atoms with Crippen molar-refractivity contribution in [3.05, 3.63) is 29.3 Å². The number of carboxylic acids is 1. The Labute approximate surface area is 113 Å². The van der Waals surface area contributed by atoms with Crippen molar-refractivity contribution >= 4 is 5.97 Å². The standard InChI is InChI=1S/C13H13F3O4/c14-13(15,16)11-4-3-8(6-10(11)12(17)18)20-7-9-2-1-5-19-9/h3-4,6,9H,1-2,5,7H2,(H,17,18). The van der Waals surface area contributed by atoms with E-state index < -0.39 is 23.3 Å². The second-order valence-electron chi connectivity index (χ2n) is 4.46. The third-order valence-corrected chi connectivity index (χ3v) is 2.99. The van der Waals surface area contributed by atoms with Gasteiger partial charge in [0, 0.05) is 6.61 Å². The minimum Gasteiger partial charge on any atom is -0.491 e. The fourth-order valence-electron chi connectivity index (χ4n) is 2.00. The van der Waals surface area contributed by atoms with Crippen LogP contribution in [0.1, 0.15) is 28.8 Å². The summed E-state index contributed by atoms with van der Waals surface area (Å²) >= 11 is 0. The lowest BCUT2D eigenvalue weighted by atomic mass is 10.1. The Morgan fingerprint density at radius 2 is 2.20 bits per heavy atom. The molecule has 0 aromatic heterocycles. The fraction of sp³-hybridized carbons (Fsp3) is 0.462. The molecule has 1 saturated heterocycles. The summed E-state index contributed by atoms with van der Waals surface area (Å²) in [6.45, 7) is 0.839. The number of halogens is 3. The number of rotatable bonds is 4. The molecule has 0 amide bonds. The summed E-state index contributed by atoms with van der Waals surface area (Å²) in [7, 11) is 0. The van der Waals surface area contributed by atoms with Crippen molar-refractivity contribution in [1.82, 2.24) is 0 Å². The molecule has 110 valence electrons. The third-order valence-electron chi connectivity index (χ3n) is 2.99. The molecule has 1 atom stereocenters. The molecule has 20 heavy (non-hydrogen) atoms. The predicted molar refractivity (Wildman–Crippen MR) is 62.9 cm³/mol. The van der Waals surface area contributed by atoms with Crippen LogP contribution in [0.3, 0.4) is 0 Å². The zero-order valence-corrected chi connectivity index (χ0v) is 10.4. The van der Waals surface area contributed by atoms with Gasteiger partial charge in [-0.3, -0.25) is 0 Å². The van der Waals surface area contributed by atoms with Gasteiger partial charge in [-0.25, -0.2) is 4.79 Å². The van der Waals surface area contributed by atoms with Crippen LogP contribution < -0.4 is 4.74 Å². The van der Waals surface area contributed by atoms with E-state index in [-0.39, 0.29) is 18.5 Å². The molecular weight excluding hydrogens is 277 g/mol. The quantitative estimate of drug-likeness (QED) is 0.926. The van der Waals surface area contributed by atoms with Gasteiger partial charge in [0.05, 0.1) is 17.2 Å². The highest BCUT2D eigenvalue weighted by Crippen LogP contribution is 2.34. The number of benzene rings is 1. The van der Waals surface area contributed by atoms with E-state index in [4.69, 9.17) is 14.6 Å². The molecule has 1 heterocycles. The molecule has 1 aliphatic rings. The molecule has 0 aliphatic carbocycles. The number of hydrogen-bond donors (Lipinski definition) is 1. The number of hydrogen-bond acceptors (Lipinski definition) is 3. The molecule has 7 heteroatoms. The van der Waals surface area contributed by atoms with Crippen LogP contribution in [0.4, 0.5) is 13.2 Å². The van der Waals surface area contributed by atoms with E-state index in [0.717, 1.165) is 25.0 Å². The van der Waals surface area contributed by atoms with Crippen molar-refractivity contribution in [1.29, 1.82) is 0 Å². The summed E-state index contributed by atoms with van der Waals surface area (Å²) in [4.78, 5) is 10.9. The Kier molecular flexibility index (Phi) is 4.17. The summed E-state index contributed by atoms with van der Waals surface area (Å²) < 4.78 is 48.5. The fourth-order valence-corrected chi connectivity index (χ4v) is 2.00. The first kappa shape index (κ1) is 14.6. The average molecular weight is 290 g/mol. The van der Waals surface area contributed by atoms with Crippen LogP contribution >= 0.6 is 0 Å². The lowest BCUT2D eigenvalue weighted by Crippen LogP contribution is -2.17. The summed E-state index contributed by atoms with van der Waals surface area (Å²) in [5, 5.41) is 8.85. The molecule has 0 spiro atoms. The minimum absolute atomic E-state index is 0.0888. The third kappa shape index (κ3) is 3.41. The molecule has 1 aromatic carbocycles. The highest BCUT2D eigenvalue weighted by atomic mass is 19.4. The highest BCUT2D eigenvalue weighted by molar-refractivity contribution is 5.90. The summed E-state index contributed by atoms with van der Waals surface area (Å²) in [5.41, 5.74) is -2.00. The second kappa shape index (κ2) is 5.70. The molecule has 1 fully saturated rings. The molecule has 1 aromatic rings. The van der Waals surface area contributed by atoms with Gasteiger partial charge < -0.3 is 14.6 Å². The molecule has 1 N–H and O–H groups in total. The summed E-state index contributed by atoms with van der Waals surface area (Å²) in [6.07, 6.45) is -3.06. The Hall–Kier alpha value is -1.76. The van der Waals surface area contributed by atoms with Gasteiger partial charge in [0.25, 0.3) is 0 Å². The maximum atomic E-state index is 12.6. The van der Waals surface area contributed by atoms with Gasteiger partial charge in [-0.1, -0.05) is 0 Å². The molecule has 0 saturated carbocycles. The van der Waals surface area contributed by atoms with Gasteiger partial charge in [0.2, 0.25) is 0 Å². The van der Waals surface area contributed by atoms with Crippen LogP contribution in [0.25, 0.3) is 0 Å². The van der Waals surface area contributed by atoms with Crippen LogP contribution in [-0.4, -0.2) is 30.4 Å². The average Bonchev–Trinajstić information content (AvgIpc) is 2.88. The van der Waals surface area contributed by atoms with Crippen molar-refractivity contribution in [2.24, 2.45) is 0 Å². The number of carbonyl (C=O) groups is 1. The Morgan fingerprint density at radius 3 is 2.75 bits per heavy atom. The number of alkyl halides is 3. The zero-order valence-electron chi connectivity index (χ0n) is 10.4. The minimum atomic E-state index is -4.71. The summed E-state index contributed by atoms with van der Waals surface area (Å²) in [5.74, 6) is -1.55. The molecule has 2 rings (SSSR count). The number of carboxylic acid groups (broad SMARTS) is 1.